The lowest BCUT2D eigenvalue weighted by atomic mass is 10.1. The summed E-state index contributed by atoms with van der Waals surface area (Å²) >= 11 is 0. The molecule has 17 heteroatoms. The fourth-order valence-electron chi connectivity index (χ4n) is 5.43. The van der Waals surface area contributed by atoms with E-state index in [1.165, 1.54) is 25.6 Å². The van der Waals surface area contributed by atoms with E-state index in [0.717, 1.165) is 51.9 Å². The van der Waals surface area contributed by atoms with Gasteiger partial charge in [-0.3, -0.25) is 24.5 Å². The molecular weight excluding hydrogens is 713 g/mol. The summed E-state index contributed by atoms with van der Waals surface area (Å²) in [5, 5.41) is 12.9. The molecule has 5 N–H and O–H groups in total. The van der Waals surface area contributed by atoms with Crippen LogP contribution in [-0.4, -0.2) is 130 Å². The number of likely N-dealkylation sites (N-methyl/N-ethyl adjacent to an activating group) is 1. The van der Waals surface area contributed by atoms with Gasteiger partial charge in [0.1, 0.15) is 29.7 Å². The largest absolute Gasteiger partial charge is 0.491 e. The van der Waals surface area contributed by atoms with Crippen molar-refractivity contribution in [2.45, 2.75) is 39.2 Å². The number of ether oxygens (including phenoxy) is 3. The van der Waals surface area contributed by atoms with E-state index in [9.17, 15) is 14.0 Å². The van der Waals surface area contributed by atoms with Crippen LogP contribution in [-0.2, 0) is 20.7 Å². The van der Waals surface area contributed by atoms with Gasteiger partial charge in [-0.2, -0.15) is 0 Å². The molecule has 16 nitrogen and oxygen atoms in total. The van der Waals surface area contributed by atoms with Crippen LogP contribution in [0.3, 0.4) is 0 Å². The highest BCUT2D eigenvalue weighted by Crippen LogP contribution is 2.40. The van der Waals surface area contributed by atoms with Gasteiger partial charge in [-0.1, -0.05) is 6.07 Å². The maximum absolute atomic E-state index is 14.9. The number of esters is 1. The molecule has 0 aliphatic carbocycles. The molecule has 1 aromatic heterocycles. The van der Waals surface area contributed by atoms with Crippen molar-refractivity contribution in [3.63, 3.8) is 0 Å². The summed E-state index contributed by atoms with van der Waals surface area (Å²) in [6, 6.07) is 8.53. The number of nitrogens with one attached hydrogen (secondary N) is 2. The topological polar surface area (TPSA) is 206 Å². The van der Waals surface area contributed by atoms with Gasteiger partial charge in [-0.15, -0.1) is 0 Å². The summed E-state index contributed by atoms with van der Waals surface area (Å²) in [6.07, 6.45) is 3.33. The molecule has 0 spiro atoms. The molecule has 0 unspecified atom stereocenters. The lowest BCUT2D eigenvalue weighted by Crippen LogP contribution is -2.46. The number of anilines is 2. The summed E-state index contributed by atoms with van der Waals surface area (Å²) in [7, 11) is 4.33. The molecule has 1 amide bonds. The minimum Gasteiger partial charge on any atom is -0.491 e. The molecular formula is C38H54FN9O7. The molecule has 3 aromatic rings. The number of rotatable bonds is 15. The number of piperazine rings is 1. The number of amides is 1. The second kappa shape index (κ2) is 23.3. The van der Waals surface area contributed by atoms with E-state index in [1.54, 1.807) is 39.0 Å². The number of aliphatic imine (C=N–C) groups is 2. The first-order valence-corrected chi connectivity index (χ1v) is 17.5. The number of carbonyl (C=O) groups excluding carboxylic acids is 3. The van der Waals surface area contributed by atoms with Gasteiger partial charge in [0.15, 0.2) is 11.5 Å². The van der Waals surface area contributed by atoms with Crippen molar-refractivity contribution in [1.29, 1.82) is 0 Å². The van der Waals surface area contributed by atoms with Gasteiger partial charge in [0.2, 0.25) is 5.95 Å². The summed E-state index contributed by atoms with van der Waals surface area (Å²) in [6.45, 7) is 16.4. The predicted octanol–water partition coefficient (Wildman–Crippen LogP) is 2.83. The maximum atomic E-state index is 14.9. The number of aliphatic hydroxyl groups excluding tert-OH is 1. The minimum absolute atomic E-state index is 0.0603. The Morgan fingerprint density at radius 2 is 1.75 bits per heavy atom. The van der Waals surface area contributed by atoms with Crippen LogP contribution in [0.2, 0.25) is 0 Å². The first kappa shape index (κ1) is 45.6. The molecule has 0 saturated carbocycles. The summed E-state index contributed by atoms with van der Waals surface area (Å²) in [4.78, 5) is 54.2. The Hall–Kier alpha value is -5.52. The van der Waals surface area contributed by atoms with Crippen LogP contribution in [0.5, 0.6) is 11.5 Å². The number of halogens is 1. The fourth-order valence-corrected chi connectivity index (χ4v) is 5.43. The third-order valence-electron chi connectivity index (χ3n) is 7.92. The molecule has 1 aliphatic heterocycles. The van der Waals surface area contributed by atoms with Crippen molar-refractivity contribution in [2.75, 3.05) is 84.3 Å². The van der Waals surface area contributed by atoms with Gasteiger partial charge >= 0.3 is 5.97 Å². The Morgan fingerprint density at radius 1 is 1.07 bits per heavy atom. The van der Waals surface area contributed by atoms with Crippen LogP contribution in [0.4, 0.5) is 21.7 Å². The van der Waals surface area contributed by atoms with E-state index >= 15 is 0 Å². The van der Waals surface area contributed by atoms with E-state index in [1.807, 2.05) is 19.9 Å². The highest BCUT2D eigenvalue weighted by molar-refractivity contribution is 6.15. The van der Waals surface area contributed by atoms with Crippen LogP contribution in [0.15, 0.2) is 52.7 Å². The number of hydrogen-bond acceptors (Lipinski definition) is 15. The van der Waals surface area contributed by atoms with Gasteiger partial charge in [-0.25, -0.2) is 14.4 Å². The van der Waals surface area contributed by atoms with Crippen molar-refractivity contribution in [2.24, 2.45) is 9.98 Å². The second-order valence-corrected chi connectivity index (χ2v) is 12.8. The molecule has 1 fully saturated rings. The van der Waals surface area contributed by atoms with E-state index in [4.69, 9.17) is 29.8 Å². The molecule has 1 saturated heterocycles. The van der Waals surface area contributed by atoms with Gasteiger partial charge in [0, 0.05) is 70.0 Å². The van der Waals surface area contributed by atoms with Crippen molar-refractivity contribution in [3.8, 4) is 11.5 Å². The molecule has 2 aromatic carbocycles. The number of benzene rings is 2. The van der Waals surface area contributed by atoms with Gasteiger partial charge in [-0.05, 0) is 70.8 Å². The van der Waals surface area contributed by atoms with E-state index in [2.05, 4.69) is 47.1 Å². The van der Waals surface area contributed by atoms with Crippen molar-refractivity contribution < 1.29 is 38.1 Å². The average molecular weight is 768 g/mol. The number of carbonyl (C=O) groups is 3. The third kappa shape index (κ3) is 14.3. The van der Waals surface area contributed by atoms with Crippen LogP contribution in [0, 0.1) is 5.82 Å². The zero-order valence-electron chi connectivity index (χ0n) is 32.6. The smallest absolute Gasteiger partial charge is 0.310 e. The number of nitrogens with two attached hydrogens (primary N) is 1. The molecule has 2 heterocycles. The summed E-state index contributed by atoms with van der Waals surface area (Å²) in [5.41, 5.74) is 7.16. The second-order valence-electron chi connectivity index (χ2n) is 12.8. The number of methoxy groups -OCH3 is 1. The lowest BCUT2D eigenvalue weighted by Gasteiger charge is -2.36. The third-order valence-corrected chi connectivity index (χ3v) is 7.92. The van der Waals surface area contributed by atoms with Crippen molar-refractivity contribution in [3.05, 3.63) is 65.2 Å². The van der Waals surface area contributed by atoms with E-state index in [0.29, 0.717) is 48.0 Å². The van der Waals surface area contributed by atoms with E-state index in [-0.39, 0.29) is 23.8 Å². The van der Waals surface area contributed by atoms with E-state index < -0.39 is 23.3 Å². The maximum Gasteiger partial charge on any atom is 0.310 e. The number of nitrogen functional groups attached to an aromatic ring is 1. The minimum atomic E-state index is -0.617. The number of aromatic nitrogens is 2. The molecule has 1 aliphatic rings. The zero-order chi connectivity index (χ0) is 41.0. The normalized spacial score (nSPS) is 13.0. The predicted molar refractivity (Wildman–Crippen MR) is 211 cm³/mol. The monoisotopic (exact) mass is 767 g/mol. The Balaban J connectivity index is 0.00000253. The molecule has 55 heavy (non-hydrogen) atoms. The first-order chi connectivity index (χ1) is 26.4. The van der Waals surface area contributed by atoms with Gasteiger partial charge < -0.3 is 45.4 Å². The average Bonchev–Trinajstić information content (AvgIpc) is 3.18. The van der Waals surface area contributed by atoms with Crippen LogP contribution in [0.1, 0.15) is 48.7 Å². The van der Waals surface area contributed by atoms with Crippen LogP contribution >= 0.6 is 0 Å². The molecule has 300 valence electrons. The van der Waals surface area contributed by atoms with Crippen molar-refractivity contribution in [1.82, 2.24) is 25.5 Å². The number of amidine groups is 1. The lowest BCUT2D eigenvalue weighted by molar-refractivity contribution is -0.154. The number of nitrogens with zero attached hydrogens (tertiary/aromatic N) is 6. The van der Waals surface area contributed by atoms with Crippen molar-refractivity contribution >= 4 is 48.5 Å². The Bertz CT molecular complexity index is 1710. The summed E-state index contributed by atoms with van der Waals surface area (Å²) < 4.78 is 32.0. The molecule has 4 rings (SSSR count). The highest BCUT2D eigenvalue weighted by Gasteiger charge is 2.23. The molecule has 0 bridgehead atoms. The summed E-state index contributed by atoms with van der Waals surface area (Å²) in [5.74, 6) is -0.138. The molecule has 0 radical (unpaired) electrons. The Kier molecular flexibility index (Phi) is 19.3. The standard InChI is InChI=1S/C36H48FN9O5.CH4O.CH2O/c1-36(2,3)51-30(47)20-24-8-9-26(21-28(24)37)46-17-15-45(16-18-46)14-7-19-50-29-11-10-27(31(40-5)32(29)49-6)33(41-13-12-39-4)44-34(48)25-22-42-35(38)43-23-25;2*1-2/h8-11,21-23,39H,5,7,12-20H2,1-4,6H3,(H2,38,42,43)(H,41,44,48);2H,1H3;1H2. The SMILES string of the molecule is C=Nc1c(C(=NCCNC)NC(=O)c2cnc(N)nc2)ccc(OCCCN2CCN(c3ccc(CC(=O)OC(C)(C)C)c(F)c3)CC2)c1OC.C=O.CO. The zero-order valence-corrected chi connectivity index (χ0v) is 32.6. The molecule has 0 atom stereocenters. The quantitative estimate of drug-likeness (QED) is 0.0761. The fraction of sp³-hybridized carbons (Fsp3) is 0.447. The van der Waals surface area contributed by atoms with Crippen LogP contribution in [0.25, 0.3) is 0 Å². The van der Waals surface area contributed by atoms with Gasteiger partial charge in [0.05, 0.1) is 32.2 Å². The highest BCUT2D eigenvalue weighted by atomic mass is 19.1. The first-order valence-electron chi connectivity index (χ1n) is 17.5. The van der Waals surface area contributed by atoms with Crippen LogP contribution < -0.4 is 30.7 Å². The number of hydrogen-bond donors (Lipinski definition) is 4. The Labute approximate surface area is 322 Å². The van der Waals surface area contributed by atoms with Gasteiger partial charge in [0.25, 0.3) is 5.91 Å². The number of aliphatic hydroxyl groups is 1. The Morgan fingerprint density at radius 3 is 2.33 bits per heavy atom.